The lowest BCUT2D eigenvalue weighted by Gasteiger charge is -2.14. The van der Waals surface area contributed by atoms with Crippen molar-refractivity contribution < 1.29 is 9.47 Å². The van der Waals surface area contributed by atoms with E-state index in [1.807, 2.05) is 54.6 Å². The van der Waals surface area contributed by atoms with E-state index in [0.717, 1.165) is 11.3 Å². The van der Waals surface area contributed by atoms with Gasteiger partial charge in [0.2, 0.25) is 0 Å². The molecule has 0 aromatic heterocycles. The Hall–Kier alpha value is -2.53. The molecular weight excluding hydrogens is 278 g/mol. The number of nitrogens with two attached hydrogens (primary N) is 1. The summed E-state index contributed by atoms with van der Waals surface area (Å²) in [7, 11) is 3.28. The molecule has 0 amide bonds. The molecule has 0 fully saturated rings. The van der Waals surface area contributed by atoms with Crippen LogP contribution in [0.1, 0.15) is 11.7 Å². The number of hydrogen-bond acceptors (Lipinski definition) is 3. The van der Waals surface area contributed by atoms with Crippen molar-refractivity contribution in [3.8, 4) is 5.75 Å². The highest BCUT2D eigenvalue weighted by Gasteiger charge is 2.09. The lowest BCUT2D eigenvalue weighted by molar-refractivity contribution is 0.111. The van der Waals surface area contributed by atoms with E-state index in [1.54, 1.807) is 14.2 Å². The van der Waals surface area contributed by atoms with Crippen molar-refractivity contribution in [1.82, 2.24) is 0 Å². The smallest absolute Gasteiger partial charge is 0.193 e. The molecular formula is C17H21N3O2. The molecule has 0 spiro atoms. The van der Waals surface area contributed by atoms with Gasteiger partial charge in [-0.3, -0.25) is 4.99 Å². The number of rotatable bonds is 6. The van der Waals surface area contributed by atoms with Crippen LogP contribution in [-0.4, -0.2) is 26.7 Å². The number of anilines is 1. The molecule has 0 saturated carbocycles. The molecule has 0 aliphatic heterocycles. The summed E-state index contributed by atoms with van der Waals surface area (Å²) in [5.41, 5.74) is 7.78. The van der Waals surface area contributed by atoms with Crippen molar-refractivity contribution in [2.75, 3.05) is 26.1 Å². The Morgan fingerprint density at radius 2 is 1.77 bits per heavy atom. The maximum Gasteiger partial charge on any atom is 0.193 e. The molecule has 2 aromatic carbocycles. The Labute approximate surface area is 130 Å². The van der Waals surface area contributed by atoms with Crippen molar-refractivity contribution in [2.45, 2.75) is 6.10 Å². The third kappa shape index (κ3) is 4.23. The van der Waals surface area contributed by atoms with Crippen molar-refractivity contribution in [3.05, 3.63) is 60.2 Å². The van der Waals surface area contributed by atoms with Gasteiger partial charge in [-0.15, -0.1) is 0 Å². The number of nitrogens with one attached hydrogen (secondary N) is 1. The molecule has 0 aliphatic carbocycles. The van der Waals surface area contributed by atoms with Gasteiger partial charge in [0.05, 0.1) is 19.3 Å². The van der Waals surface area contributed by atoms with Crippen LogP contribution in [0, 0.1) is 0 Å². The van der Waals surface area contributed by atoms with Gasteiger partial charge in [0.15, 0.2) is 5.96 Å². The highest BCUT2D eigenvalue weighted by Crippen LogP contribution is 2.22. The normalized spacial score (nSPS) is 12.7. The average molecular weight is 299 g/mol. The minimum Gasteiger partial charge on any atom is -0.495 e. The van der Waals surface area contributed by atoms with E-state index in [2.05, 4.69) is 10.3 Å². The highest BCUT2D eigenvalue weighted by atomic mass is 16.5. The standard InChI is InChI=1S/C17H21N3O2/c1-21-15-11-7-6-10-14(15)20-17(18)19-12-16(22-2)13-8-4-3-5-9-13/h3-11,16H,12H2,1-2H3,(H3,18,19,20). The first kappa shape index (κ1) is 15.9. The first-order chi connectivity index (χ1) is 10.7. The molecule has 116 valence electrons. The SMILES string of the molecule is COc1ccccc1NC(N)=NCC(OC)c1ccccc1. The lowest BCUT2D eigenvalue weighted by Crippen LogP contribution is -2.24. The van der Waals surface area contributed by atoms with E-state index < -0.39 is 0 Å². The minimum atomic E-state index is -0.126. The predicted molar refractivity (Wildman–Crippen MR) is 89.3 cm³/mol. The topological polar surface area (TPSA) is 68.9 Å². The molecule has 0 radical (unpaired) electrons. The van der Waals surface area contributed by atoms with E-state index in [-0.39, 0.29) is 6.10 Å². The molecule has 1 atom stereocenters. The Morgan fingerprint density at radius 3 is 2.45 bits per heavy atom. The van der Waals surface area contributed by atoms with Crippen LogP contribution in [0.25, 0.3) is 0 Å². The zero-order valence-corrected chi connectivity index (χ0v) is 12.8. The summed E-state index contributed by atoms with van der Waals surface area (Å²) < 4.78 is 10.7. The molecule has 2 rings (SSSR count). The molecule has 0 saturated heterocycles. The fraction of sp³-hybridized carbons (Fsp3) is 0.235. The number of guanidine groups is 1. The fourth-order valence-electron chi connectivity index (χ4n) is 2.09. The maximum absolute atomic E-state index is 5.94. The fourth-order valence-corrected chi connectivity index (χ4v) is 2.09. The van der Waals surface area contributed by atoms with Gasteiger partial charge in [-0.25, -0.2) is 0 Å². The second kappa shape index (κ2) is 8.05. The molecule has 1 unspecified atom stereocenters. The van der Waals surface area contributed by atoms with Crippen molar-refractivity contribution in [1.29, 1.82) is 0 Å². The first-order valence-corrected chi connectivity index (χ1v) is 7.02. The average Bonchev–Trinajstić information content (AvgIpc) is 2.57. The number of para-hydroxylation sites is 2. The summed E-state index contributed by atoms with van der Waals surface area (Å²) in [5.74, 6) is 1.04. The van der Waals surface area contributed by atoms with E-state index in [4.69, 9.17) is 15.2 Å². The zero-order chi connectivity index (χ0) is 15.8. The van der Waals surface area contributed by atoms with Gasteiger partial charge in [0, 0.05) is 7.11 Å². The van der Waals surface area contributed by atoms with Gasteiger partial charge < -0.3 is 20.5 Å². The van der Waals surface area contributed by atoms with Gasteiger partial charge >= 0.3 is 0 Å². The van der Waals surface area contributed by atoms with Crippen molar-refractivity contribution in [2.24, 2.45) is 10.7 Å². The Bertz CT molecular complexity index is 614. The number of methoxy groups -OCH3 is 2. The third-order valence-electron chi connectivity index (χ3n) is 3.25. The van der Waals surface area contributed by atoms with Crippen LogP contribution in [0.5, 0.6) is 5.75 Å². The Balaban J connectivity index is 2.02. The van der Waals surface area contributed by atoms with Crippen LogP contribution in [0.15, 0.2) is 59.6 Å². The lowest BCUT2D eigenvalue weighted by atomic mass is 10.1. The second-order valence-corrected chi connectivity index (χ2v) is 4.69. The van der Waals surface area contributed by atoms with Crippen LogP contribution in [0.4, 0.5) is 5.69 Å². The number of hydrogen-bond donors (Lipinski definition) is 2. The highest BCUT2D eigenvalue weighted by molar-refractivity contribution is 5.93. The van der Waals surface area contributed by atoms with E-state index >= 15 is 0 Å². The Kier molecular flexibility index (Phi) is 5.80. The monoisotopic (exact) mass is 299 g/mol. The van der Waals surface area contributed by atoms with Crippen LogP contribution in [0.2, 0.25) is 0 Å². The molecule has 5 heteroatoms. The van der Waals surface area contributed by atoms with Crippen molar-refractivity contribution in [3.63, 3.8) is 0 Å². The summed E-state index contributed by atoms with van der Waals surface area (Å²) in [5, 5.41) is 3.04. The van der Waals surface area contributed by atoms with Gasteiger partial charge in [-0.2, -0.15) is 0 Å². The summed E-state index contributed by atoms with van der Waals surface area (Å²) >= 11 is 0. The quantitative estimate of drug-likeness (QED) is 0.635. The molecule has 0 aliphatic rings. The largest absolute Gasteiger partial charge is 0.495 e. The van der Waals surface area contributed by atoms with Crippen LogP contribution < -0.4 is 15.8 Å². The number of ether oxygens (including phenoxy) is 2. The molecule has 3 N–H and O–H groups in total. The maximum atomic E-state index is 5.94. The summed E-state index contributed by atoms with van der Waals surface area (Å²) in [4.78, 5) is 4.35. The van der Waals surface area contributed by atoms with Gasteiger partial charge in [0.25, 0.3) is 0 Å². The van der Waals surface area contributed by atoms with Gasteiger partial charge in [0.1, 0.15) is 11.9 Å². The number of benzene rings is 2. The van der Waals surface area contributed by atoms with E-state index in [0.29, 0.717) is 18.3 Å². The van der Waals surface area contributed by atoms with Crippen LogP contribution in [-0.2, 0) is 4.74 Å². The minimum absolute atomic E-state index is 0.126. The molecule has 22 heavy (non-hydrogen) atoms. The van der Waals surface area contributed by atoms with Gasteiger partial charge in [-0.05, 0) is 17.7 Å². The Morgan fingerprint density at radius 1 is 1.09 bits per heavy atom. The molecule has 0 bridgehead atoms. The van der Waals surface area contributed by atoms with Gasteiger partial charge in [-0.1, -0.05) is 42.5 Å². The second-order valence-electron chi connectivity index (χ2n) is 4.69. The summed E-state index contributed by atoms with van der Waals surface area (Å²) in [6.07, 6.45) is -0.126. The molecule has 2 aromatic rings. The third-order valence-corrected chi connectivity index (χ3v) is 3.25. The first-order valence-electron chi connectivity index (χ1n) is 7.02. The van der Waals surface area contributed by atoms with Crippen LogP contribution >= 0.6 is 0 Å². The summed E-state index contributed by atoms with van der Waals surface area (Å²) in [6, 6.07) is 17.5. The van der Waals surface area contributed by atoms with Crippen LogP contribution in [0.3, 0.4) is 0 Å². The van der Waals surface area contributed by atoms with E-state index in [9.17, 15) is 0 Å². The van der Waals surface area contributed by atoms with E-state index in [1.165, 1.54) is 0 Å². The molecule has 5 nitrogen and oxygen atoms in total. The number of aliphatic imine (C=N–C) groups is 1. The number of nitrogens with zero attached hydrogens (tertiary/aromatic N) is 1. The zero-order valence-electron chi connectivity index (χ0n) is 12.8. The summed E-state index contributed by atoms with van der Waals surface area (Å²) in [6.45, 7) is 0.439. The van der Waals surface area contributed by atoms with Crippen molar-refractivity contribution >= 4 is 11.6 Å². The predicted octanol–water partition coefficient (Wildman–Crippen LogP) is 2.81. The molecule has 0 heterocycles.